The molecule has 0 aliphatic rings. The molecular formula is C14H12ClFO. The van der Waals surface area contributed by atoms with Crippen LogP contribution in [0.15, 0.2) is 48.5 Å². The van der Waals surface area contributed by atoms with Crippen molar-refractivity contribution in [2.45, 2.75) is 12.5 Å². The third kappa shape index (κ3) is 2.19. The van der Waals surface area contributed by atoms with Crippen LogP contribution in [0.3, 0.4) is 0 Å². The Morgan fingerprint density at radius 3 is 2.29 bits per heavy atom. The molecule has 2 rings (SSSR count). The van der Waals surface area contributed by atoms with Crippen molar-refractivity contribution in [2.75, 3.05) is 0 Å². The smallest absolute Gasteiger partial charge is 0.131 e. The summed E-state index contributed by atoms with van der Waals surface area (Å²) in [6.07, 6.45) is 0. The third-order valence-corrected chi connectivity index (χ3v) is 3.10. The largest absolute Gasteiger partial charge is 0.381 e. The molecule has 2 aromatic rings. The Balaban J connectivity index is 2.60. The summed E-state index contributed by atoms with van der Waals surface area (Å²) in [7, 11) is 0. The van der Waals surface area contributed by atoms with Gasteiger partial charge in [0.1, 0.15) is 11.4 Å². The highest BCUT2D eigenvalue weighted by molar-refractivity contribution is 6.31. The Hall–Kier alpha value is -1.38. The molecular weight excluding hydrogens is 239 g/mol. The van der Waals surface area contributed by atoms with Crippen molar-refractivity contribution >= 4 is 11.6 Å². The van der Waals surface area contributed by atoms with E-state index < -0.39 is 11.4 Å². The lowest BCUT2D eigenvalue weighted by Gasteiger charge is -2.25. The Labute approximate surface area is 104 Å². The van der Waals surface area contributed by atoms with E-state index in [1.54, 1.807) is 30.3 Å². The molecule has 0 aliphatic carbocycles. The summed E-state index contributed by atoms with van der Waals surface area (Å²) in [6.45, 7) is 1.53. The minimum atomic E-state index is -1.44. The van der Waals surface area contributed by atoms with Crippen LogP contribution in [-0.2, 0) is 5.60 Å². The van der Waals surface area contributed by atoms with E-state index in [-0.39, 0.29) is 10.6 Å². The molecule has 0 heterocycles. The zero-order chi connectivity index (χ0) is 12.5. The third-order valence-electron chi connectivity index (χ3n) is 2.79. The van der Waals surface area contributed by atoms with Crippen LogP contribution in [0.4, 0.5) is 4.39 Å². The summed E-state index contributed by atoms with van der Waals surface area (Å²) in [4.78, 5) is 0. The lowest BCUT2D eigenvalue weighted by molar-refractivity contribution is 0.0981. The molecule has 0 amide bonds. The summed E-state index contributed by atoms with van der Waals surface area (Å²) in [5, 5.41) is 10.7. The summed E-state index contributed by atoms with van der Waals surface area (Å²) in [5.74, 6) is -0.508. The van der Waals surface area contributed by atoms with Crippen molar-refractivity contribution in [3.8, 4) is 0 Å². The van der Waals surface area contributed by atoms with Crippen molar-refractivity contribution < 1.29 is 9.50 Å². The maximum absolute atomic E-state index is 13.8. The van der Waals surface area contributed by atoms with E-state index in [0.29, 0.717) is 5.56 Å². The Morgan fingerprint density at radius 2 is 1.71 bits per heavy atom. The van der Waals surface area contributed by atoms with Crippen LogP contribution in [0.25, 0.3) is 0 Å². The van der Waals surface area contributed by atoms with Crippen LogP contribution in [0.1, 0.15) is 18.1 Å². The quantitative estimate of drug-likeness (QED) is 0.861. The monoisotopic (exact) mass is 250 g/mol. The highest BCUT2D eigenvalue weighted by atomic mass is 35.5. The predicted molar refractivity (Wildman–Crippen MR) is 66.5 cm³/mol. The lowest BCUT2D eigenvalue weighted by Crippen LogP contribution is -2.24. The van der Waals surface area contributed by atoms with Gasteiger partial charge in [-0.1, -0.05) is 48.0 Å². The molecule has 3 heteroatoms. The Morgan fingerprint density at radius 1 is 1.06 bits per heavy atom. The average Bonchev–Trinajstić information content (AvgIpc) is 2.29. The minimum Gasteiger partial charge on any atom is -0.381 e. The molecule has 0 aliphatic heterocycles. The fourth-order valence-corrected chi connectivity index (χ4v) is 2.22. The molecule has 1 atom stereocenters. The molecule has 0 aromatic heterocycles. The molecule has 0 saturated heterocycles. The second-order valence-corrected chi connectivity index (χ2v) is 4.44. The number of hydrogen-bond acceptors (Lipinski definition) is 1. The predicted octanol–water partition coefficient (Wildman–Crippen LogP) is 3.73. The molecule has 1 nitrogen and oxygen atoms in total. The maximum atomic E-state index is 13.8. The van der Waals surface area contributed by atoms with E-state index >= 15 is 0 Å². The highest BCUT2D eigenvalue weighted by Crippen LogP contribution is 2.35. The lowest BCUT2D eigenvalue weighted by atomic mass is 9.88. The molecule has 1 N–H and O–H groups in total. The van der Waals surface area contributed by atoms with Crippen LogP contribution < -0.4 is 0 Å². The second kappa shape index (κ2) is 4.47. The molecule has 17 heavy (non-hydrogen) atoms. The fourth-order valence-electron chi connectivity index (χ4n) is 1.87. The van der Waals surface area contributed by atoms with E-state index in [4.69, 9.17) is 11.6 Å². The first-order valence-electron chi connectivity index (χ1n) is 5.26. The van der Waals surface area contributed by atoms with E-state index in [1.807, 2.05) is 6.07 Å². The minimum absolute atomic E-state index is 0.105. The van der Waals surface area contributed by atoms with E-state index in [9.17, 15) is 9.50 Å². The molecule has 1 unspecified atom stereocenters. The molecule has 0 bridgehead atoms. The van der Waals surface area contributed by atoms with Crippen LogP contribution >= 0.6 is 11.6 Å². The topological polar surface area (TPSA) is 20.2 Å². The Kier molecular flexibility index (Phi) is 3.18. The van der Waals surface area contributed by atoms with Crippen LogP contribution in [-0.4, -0.2) is 5.11 Å². The SMILES string of the molecule is CC(O)(c1ccccc1)c1c(F)cccc1Cl. The first-order chi connectivity index (χ1) is 8.03. The molecule has 0 spiro atoms. The van der Waals surface area contributed by atoms with Gasteiger partial charge in [-0.15, -0.1) is 0 Å². The summed E-state index contributed by atoms with van der Waals surface area (Å²) < 4.78 is 13.8. The van der Waals surface area contributed by atoms with Gasteiger partial charge in [-0.2, -0.15) is 0 Å². The van der Waals surface area contributed by atoms with Crippen molar-refractivity contribution in [1.29, 1.82) is 0 Å². The van der Waals surface area contributed by atoms with Gasteiger partial charge in [0, 0.05) is 10.6 Å². The average molecular weight is 251 g/mol. The normalized spacial score (nSPS) is 14.4. The van der Waals surface area contributed by atoms with Gasteiger partial charge in [0.2, 0.25) is 0 Å². The first-order valence-corrected chi connectivity index (χ1v) is 5.63. The van der Waals surface area contributed by atoms with E-state index in [1.165, 1.54) is 19.1 Å². The molecule has 88 valence electrons. The van der Waals surface area contributed by atoms with Gasteiger partial charge in [-0.3, -0.25) is 0 Å². The van der Waals surface area contributed by atoms with Gasteiger partial charge in [0.25, 0.3) is 0 Å². The van der Waals surface area contributed by atoms with Crippen LogP contribution in [0.5, 0.6) is 0 Å². The Bertz CT molecular complexity index is 503. The van der Waals surface area contributed by atoms with Crippen LogP contribution in [0, 0.1) is 5.82 Å². The highest BCUT2D eigenvalue weighted by Gasteiger charge is 2.30. The summed E-state index contributed by atoms with van der Waals surface area (Å²) in [6, 6.07) is 13.3. The number of hydrogen-bond donors (Lipinski definition) is 1. The van der Waals surface area contributed by atoms with Crippen molar-refractivity contribution in [2.24, 2.45) is 0 Å². The molecule has 0 saturated carbocycles. The van der Waals surface area contributed by atoms with Gasteiger partial charge in [0.15, 0.2) is 0 Å². The van der Waals surface area contributed by atoms with Crippen LogP contribution in [0.2, 0.25) is 5.02 Å². The molecule has 2 aromatic carbocycles. The number of benzene rings is 2. The van der Waals surface area contributed by atoms with Crippen molar-refractivity contribution in [3.05, 3.63) is 70.5 Å². The second-order valence-electron chi connectivity index (χ2n) is 4.03. The van der Waals surface area contributed by atoms with Crippen molar-refractivity contribution in [3.63, 3.8) is 0 Å². The first kappa shape index (κ1) is 12.1. The van der Waals surface area contributed by atoms with Gasteiger partial charge in [0.05, 0.1) is 0 Å². The number of rotatable bonds is 2. The zero-order valence-electron chi connectivity index (χ0n) is 9.32. The van der Waals surface area contributed by atoms with Gasteiger partial charge in [-0.25, -0.2) is 4.39 Å². The molecule has 0 fully saturated rings. The van der Waals surface area contributed by atoms with Gasteiger partial charge >= 0.3 is 0 Å². The van der Waals surface area contributed by atoms with Gasteiger partial charge < -0.3 is 5.11 Å². The van der Waals surface area contributed by atoms with E-state index in [2.05, 4.69) is 0 Å². The van der Waals surface area contributed by atoms with Gasteiger partial charge in [-0.05, 0) is 24.6 Å². The number of halogens is 2. The summed E-state index contributed by atoms with van der Waals surface area (Å²) >= 11 is 5.96. The molecule has 0 radical (unpaired) electrons. The fraction of sp³-hybridized carbons (Fsp3) is 0.143. The zero-order valence-corrected chi connectivity index (χ0v) is 10.1. The van der Waals surface area contributed by atoms with Crippen molar-refractivity contribution in [1.82, 2.24) is 0 Å². The summed E-state index contributed by atoms with van der Waals surface area (Å²) in [5.41, 5.74) is -0.733. The van der Waals surface area contributed by atoms with E-state index in [0.717, 1.165) is 0 Å². The standard InChI is InChI=1S/C14H12ClFO/c1-14(17,10-6-3-2-4-7-10)13-11(15)8-5-9-12(13)16/h2-9,17H,1H3. The maximum Gasteiger partial charge on any atom is 0.131 e. The number of aliphatic hydroxyl groups is 1.